The molecule has 0 spiro atoms. The molecule has 0 aromatic carbocycles. The van der Waals surface area contributed by atoms with Gasteiger partial charge in [0.15, 0.2) is 0 Å². The van der Waals surface area contributed by atoms with Gasteiger partial charge in [0.2, 0.25) is 0 Å². The van der Waals surface area contributed by atoms with Crippen LogP contribution in [0, 0.1) is 0 Å². The van der Waals surface area contributed by atoms with E-state index in [-0.39, 0.29) is 16.8 Å². The van der Waals surface area contributed by atoms with Gasteiger partial charge in [0.05, 0.1) is 0 Å². The molecule has 0 fully saturated rings. The second kappa shape index (κ2) is 930. The molecule has 71 valence electrons. The van der Waals surface area contributed by atoms with E-state index in [0.717, 1.165) is 0 Å². The van der Waals surface area contributed by atoms with Gasteiger partial charge in [-0.25, -0.2) is 0 Å². The molecule has 0 aromatic rings. The molecule has 1 radical (unpaired) electrons. The monoisotopic (exact) mass is 205 g/mol. The van der Waals surface area contributed by atoms with Crippen LogP contribution in [0.4, 0.5) is 0 Å². The maximum Gasteiger partial charge on any atom is 0 e. The largest absolute Gasteiger partial charge is 0.545 e. The van der Waals surface area contributed by atoms with Crippen LogP contribution in [0.15, 0.2) is 0 Å². The van der Waals surface area contributed by atoms with E-state index >= 15 is 0 Å². The average molecular weight is 205 g/mol. The van der Waals surface area contributed by atoms with E-state index in [2.05, 4.69) is 27.2 Å². The fourth-order valence-electron chi connectivity index (χ4n) is 0. The fraction of sp³-hybridized carbons (Fsp3) is 0.333. The van der Waals surface area contributed by atoms with Gasteiger partial charge >= 0.3 is 0 Å². The zero-order valence-corrected chi connectivity index (χ0v) is 7.32. The predicted molar refractivity (Wildman–Crippen MR) is 38.4 cm³/mol. The fourth-order valence-corrected chi connectivity index (χ4v) is 0. The van der Waals surface area contributed by atoms with Crippen LogP contribution in [-0.4, -0.2) is 27.2 Å². The summed E-state index contributed by atoms with van der Waals surface area (Å²) >= 11 is 0. The van der Waals surface area contributed by atoms with Crippen LogP contribution in [0.3, 0.4) is 0 Å². The third-order valence-electron chi connectivity index (χ3n) is 0. The van der Waals surface area contributed by atoms with Gasteiger partial charge in [-0.2, -0.15) is 0 Å². The van der Waals surface area contributed by atoms with Crippen molar-refractivity contribution >= 4 is 27.2 Å². The predicted octanol–water partition coefficient (Wildman–Crippen LogP) is -0.0727. The standard InChI is InChI=1S/C2H6.4CHO.Co/c5*1-2;/h1-2H3;4*1H;/q;4*-1;. The summed E-state index contributed by atoms with van der Waals surface area (Å²) in [6.07, 6.45) is 0. The Morgan fingerprint density at radius 1 is 0.545 bits per heavy atom. The second-order valence-corrected chi connectivity index (χ2v) is 0. The van der Waals surface area contributed by atoms with Gasteiger partial charge in [0.1, 0.15) is 0 Å². The number of hydrogen-bond acceptors (Lipinski definition) is 4. The van der Waals surface area contributed by atoms with E-state index in [1.807, 2.05) is 13.8 Å². The van der Waals surface area contributed by atoms with Crippen molar-refractivity contribution in [1.29, 1.82) is 0 Å². The molecule has 0 saturated carbocycles. The van der Waals surface area contributed by atoms with Crippen molar-refractivity contribution in [2.75, 3.05) is 0 Å². The molecule has 0 N–H and O–H groups in total. The number of carbonyl (C=O) groups excluding carboxylic acids is 4. The van der Waals surface area contributed by atoms with E-state index in [4.69, 9.17) is 19.2 Å². The summed E-state index contributed by atoms with van der Waals surface area (Å²) in [7, 11) is 0. The van der Waals surface area contributed by atoms with Crippen molar-refractivity contribution in [2.24, 2.45) is 0 Å². The molecule has 0 bridgehead atoms. The second-order valence-electron chi connectivity index (χ2n) is 0. The van der Waals surface area contributed by atoms with E-state index in [0.29, 0.717) is 0 Å². The third-order valence-corrected chi connectivity index (χ3v) is 0. The minimum Gasteiger partial charge on any atom is -0.545 e. The molecule has 0 unspecified atom stereocenters. The maximum absolute atomic E-state index is 7.75. The summed E-state index contributed by atoms with van der Waals surface area (Å²) in [4.78, 5) is 31.0. The van der Waals surface area contributed by atoms with Gasteiger partial charge in [-0.3, -0.25) is 27.2 Å². The zero-order chi connectivity index (χ0) is 10.0. The molecule has 0 aromatic heterocycles. The average Bonchev–Trinajstić information content (AvgIpc) is 2.20. The Hall–Kier alpha value is -0.814. The summed E-state index contributed by atoms with van der Waals surface area (Å²) in [6, 6.07) is 0. The Balaban J connectivity index is -0.00000000694. The van der Waals surface area contributed by atoms with Gasteiger partial charge in [-0.1, -0.05) is 13.8 Å². The van der Waals surface area contributed by atoms with Crippen LogP contribution in [0.1, 0.15) is 13.8 Å². The summed E-state index contributed by atoms with van der Waals surface area (Å²) in [5, 5.41) is 0. The van der Waals surface area contributed by atoms with Crippen LogP contribution in [0.2, 0.25) is 0 Å². The SMILES string of the molecule is CC.[CH-]=O.[CH-]=O.[CH-]=O.[CH-]=O.[Co]. The van der Waals surface area contributed by atoms with Crippen LogP contribution in [0.25, 0.3) is 0 Å². The Morgan fingerprint density at radius 2 is 0.545 bits per heavy atom. The van der Waals surface area contributed by atoms with Gasteiger partial charge in [0, 0.05) is 16.8 Å². The minimum absolute atomic E-state index is 0. The Kier molecular flexibility index (Phi) is 4150. The van der Waals surface area contributed by atoms with Crippen LogP contribution < -0.4 is 0 Å². The quantitative estimate of drug-likeness (QED) is 0.410. The number of rotatable bonds is 0. The molecular formula is C6H10CoO4-4. The molecule has 5 heteroatoms. The maximum atomic E-state index is 7.75. The van der Waals surface area contributed by atoms with Crippen LogP contribution in [-0.2, 0) is 36.0 Å². The van der Waals surface area contributed by atoms with Crippen molar-refractivity contribution in [3.8, 4) is 0 Å². The van der Waals surface area contributed by atoms with E-state index in [1.165, 1.54) is 0 Å². The van der Waals surface area contributed by atoms with E-state index in [1.54, 1.807) is 0 Å². The van der Waals surface area contributed by atoms with Crippen LogP contribution >= 0.6 is 0 Å². The molecule has 11 heavy (non-hydrogen) atoms. The summed E-state index contributed by atoms with van der Waals surface area (Å²) in [6.45, 7) is 17.0. The minimum atomic E-state index is 0. The van der Waals surface area contributed by atoms with E-state index < -0.39 is 0 Å². The van der Waals surface area contributed by atoms with Crippen molar-refractivity contribution in [3.63, 3.8) is 0 Å². The van der Waals surface area contributed by atoms with Crippen molar-refractivity contribution < 1.29 is 36.0 Å². The summed E-state index contributed by atoms with van der Waals surface area (Å²) < 4.78 is 0. The zero-order valence-electron chi connectivity index (χ0n) is 6.28. The van der Waals surface area contributed by atoms with Crippen LogP contribution in [0.5, 0.6) is 0 Å². The Morgan fingerprint density at radius 3 is 0.545 bits per heavy atom. The summed E-state index contributed by atoms with van der Waals surface area (Å²) in [5.74, 6) is 0. The van der Waals surface area contributed by atoms with E-state index in [9.17, 15) is 0 Å². The van der Waals surface area contributed by atoms with Crippen molar-refractivity contribution in [1.82, 2.24) is 0 Å². The smallest absolute Gasteiger partial charge is 0 e. The molecule has 0 aliphatic carbocycles. The van der Waals surface area contributed by atoms with Crippen molar-refractivity contribution in [2.45, 2.75) is 13.8 Å². The Bertz CT molecular complexity index is 22.5. The van der Waals surface area contributed by atoms with Gasteiger partial charge in [-0.05, 0) is 0 Å². The third kappa shape index (κ3) is 717. The number of hydrogen-bond donors (Lipinski definition) is 0. The van der Waals surface area contributed by atoms with Gasteiger partial charge in [0.25, 0.3) is 0 Å². The first-order valence-electron chi connectivity index (χ1n) is 1.94. The van der Waals surface area contributed by atoms with Crippen molar-refractivity contribution in [3.05, 3.63) is 0 Å². The molecule has 4 nitrogen and oxygen atoms in total. The molecule has 0 rings (SSSR count). The molecule has 0 atom stereocenters. The molecule has 0 amide bonds. The molecule has 0 aliphatic heterocycles. The molecule has 0 aliphatic rings. The summed E-state index contributed by atoms with van der Waals surface area (Å²) in [5.41, 5.74) is 0. The first-order valence-corrected chi connectivity index (χ1v) is 1.94. The first-order chi connectivity index (χ1) is 5.00. The first kappa shape index (κ1) is 49.0. The normalized spacial score (nSPS) is 2.00. The Labute approximate surface area is 77.6 Å². The molecular weight excluding hydrogens is 195 g/mol. The van der Waals surface area contributed by atoms with Gasteiger partial charge < -0.3 is 19.2 Å². The molecule has 0 heterocycles. The molecule has 0 saturated heterocycles. The topological polar surface area (TPSA) is 68.3 Å². The van der Waals surface area contributed by atoms with Gasteiger partial charge in [-0.15, -0.1) is 0 Å².